The van der Waals surface area contributed by atoms with Gasteiger partial charge in [-0.15, -0.1) is 0 Å². The summed E-state index contributed by atoms with van der Waals surface area (Å²) in [6.45, 7) is 2.06. The number of rotatable bonds is 6. The molecule has 0 bridgehead atoms. The predicted octanol–water partition coefficient (Wildman–Crippen LogP) is 2.19. The highest BCUT2D eigenvalue weighted by atomic mass is 15.1. The van der Waals surface area contributed by atoms with Crippen LogP contribution in [0.4, 0.5) is 0 Å². The maximum atomic E-state index is 4.33. The average molecular weight is 241 g/mol. The number of pyridine rings is 2. The van der Waals surface area contributed by atoms with Crippen molar-refractivity contribution in [3.63, 3.8) is 0 Å². The Morgan fingerprint density at radius 2 is 1.33 bits per heavy atom. The molecule has 2 aromatic heterocycles. The molecule has 3 heteroatoms. The van der Waals surface area contributed by atoms with Crippen molar-refractivity contribution >= 4 is 0 Å². The van der Waals surface area contributed by atoms with Crippen molar-refractivity contribution in [1.82, 2.24) is 14.9 Å². The van der Waals surface area contributed by atoms with E-state index in [0.717, 1.165) is 37.3 Å². The van der Waals surface area contributed by atoms with Crippen LogP contribution < -0.4 is 0 Å². The van der Waals surface area contributed by atoms with Crippen molar-refractivity contribution in [2.45, 2.75) is 12.8 Å². The van der Waals surface area contributed by atoms with Crippen molar-refractivity contribution in [2.75, 3.05) is 20.1 Å². The molecule has 0 aliphatic heterocycles. The van der Waals surface area contributed by atoms with Crippen LogP contribution in [0.3, 0.4) is 0 Å². The topological polar surface area (TPSA) is 29.0 Å². The molecule has 0 amide bonds. The van der Waals surface area contributed by atoms with Gasteiger partial charge in [-0.25, -0.2) is 0 Å². The van der Waals surface area contributed by atoms with Gasteiger partial charge in [0.15, 0.2) is 0 Å². The first-order chi connectivity index (χ1) is 8.84. The molecule has 2 rings (SSSR count). The molecular formula is C15H19N3. The van der Waals surface area contributed by atoms with Crippen molar-refractivity contribution in [1.29, 1.82) is 0 Å². The molecule has 3 nitrogen and oxygen atoms in total. The first-order valence-corrected chi connectivity index (χ1v) is 6.33. The summed E-state index contributed by atoms with van der Waals surface area (Å²) in [5.74, 6) is 0. The zero-order valence-corrected chi connectivity index (χ0v) is 10.8. The molecular weight excluding hydrogens is 222 g/mol. The van der Waals surface area contributed by atoms with E-state index in [1.807, 2.05) is 36.7 Å². The lowest BCUT2D eigenvalue weighted by atomic mass is 10.2. The number of hydrogen-bond acceptors (Lipinski definition) is 3. The van der Waals surface area contributed by atoms with Gasteiger partial charge in [0, 0.05) is 49.7 Å². The molecule has 2 aromatic rings. The highest BCUT2D eigenvalue weighted by Gasteiger charge is 2.01. The first-order valence-electron chi connectivity index (χ1n) is 6.33. The predicted molar refractivity (Wildman–Crippen MR) is 73.4 cm³/mol. The van der Waals surface area contributed by atoms with Crippen molar-refractivity contribution < 1.29 is 0 Å². The normalized spacial score (nSPS) is 10.8. The summed E-state index contributed by atoms with van der Waals surface area (Å²) in [6.07, 6.45) is 5.70. The SMILES string of the molecule is CN(CCc1ccccn1)CCc1ccccn1. The van der Waals surface area contributed by atoms with E-state index >= 15 is 0 Å². The van der Waals surface area contributed by atoms with E-state index in [2.05, 4.69) is 34.0 Å². The lowest BCUT2D eigenvalue weighted by molar-refractivity contribution is 0.340. The fourth-order valence-electron chi connectivity index (χ4n) is 1.81. The van der Waals surface area contributed by atoms with Crippen LogP contribution in [0, 0.1) is 0 Å². The van der Waals surface area contributed by atoms with Gasteiger partial charge in [-0.3, -0.25) is 9.97 Å². The van der Waals surface area contributed by atoms with Gasteiger partial charge in [-0.2, -0.15) is 0 Å². The summed E-state index contributed by atoms with van der Waals surface area (Å²) in [6, 6.07) is 12.1. The number of aromatic nitrogens is 2. The standard InChI is InChI=1S/C15H19N3/c1-18(12-8-14-6-2-4-10-16-14)13-9-15-7-3-5-11-17-15/h2-7,10-11H,8-9,12-13H2,1H3. The first kappa shape index (κ1) is 12.7. The Kier molecular flexibility index (Phi) is 4.85. The molecule has 18 heavy (non-hydrogen) atoms. The highest BCUT2D eigenvalue weighted by Crippen LogP contribution is 1.99. The lowest BCUT2D eigenvalue weighted by Gasteiger charge is -2.15. The van der Waals surface area contributed by atoms with Crippen LogP contribution in [-0.2, 0) is 12.8 Å². The Morgan fingerprint density at radius 3 is 1.72 bits per heavy atom. The molecule has 0 radical (unpaired) electrons. The van der Waals surface area contributed by atoms with Gasteiger partial charge in [-0.1, -0.05) is 12.1 Å². The smallest absolute Gasteiger partial charge is 0.0416 e. The minimum absolute atomic E-state index is 1.000. The average Bonchev–Trinajstić information content (AvgIpc) is 2.45. The van der Waals surface area contributed by atoms with Crippen LogP contribution in [0.15, 0.2) is 48.8 Å². The second kappa shape index (κ2) is 6.87. The van der Waals surface area contributed by atoms with E-state index < -0.39 is 0 Å². The zero-order chi connectivity index (χ0) is 12.6. The molecule has 0 aliphatic rings. The van der Waals surface area contributed by atoms with Gasteiger partial charge in [-0.05, 0) is 31.3 Å². The number of likely N-dealkylation sites (N-methyl/N-ethyl adjacent to an activating group) is 1. The zero-order valence-electron chi connectivity index (χ0n) is 10.8. The molecule has 0 aliphatic carbocycles. The summed E-state index contributed by atoms with van der Waals surface area (Å²) in [5, 5.41) is 0. The summed E-state index contributed by atoms with van der Waals surface area (Å²) in [7, 11) is 2.14. The van der Waals surface area contributed by atoms with Gasteiger partial charge < -0.3 is 4.90 Å². The molecule has 0 aromatic carbocycles. The quantitative estimate of drug-likeness (QED) is 0.776. The second-order valence-corrected chi connectivity index (χ2v) is 4.45. The molecule has 0 N–H and O–H groups in total. The maximum absolute atomic E-state index is 4.33. The van der Waals surface area contributed by atoms with E-state index in [4.69, 9.17) is 0 Å². The van der Waals surface area contributed by atoms with Crippen molar-refractivity contribution in [3.8, 4) is 0 Å². The van der Waals surface area contributed by atoms with Gasteiger partial charge in [0.25, 0.3) is 0 Å². The second-order valence-electron chi connectivity index (χ2n) is 4.45. The minimum Gasteiger partial charge on any atom is -0.306 e. The molecule has 2 heterocycles. The highest BCUT2D eigenvalue weighted by molar-refractivity contribution is 5.05. The van der Waals surface area contributed by atoms with E-state index in [-0.39, 0.29) is 0 Å². The molecule has 0 saturated carbocycles. The third-order valence-electron chi connectivity index (χ3n) is 2.95. The molecule has 0 atom stereocenters. The third-order valence-corrected chi connectivity index (χ3v) is 2.95. The van der Waals surface area contributed by atoms with E-state index in [1.54, 1.807) is 0 Å². The summed E-state index contributed by atoms with van der Waals surface area (Å²) < 4.78 is 0. The van der Waals surface area contributed by atoms with Crippen LogP contribution in [-0.4, -0.2) is 35.0 Å². The van der Waals surface area contributed by atoms with Crippen LogP contribution in [0.2, 0.25) is 0 Å². The Hall–Kier alpha value is -1.74. The maximum Gasteiger partial charge on any atom is 0.0416 e. The minimum atomic E-state index is 1.000. The molecule has 0 saturated heterocycles. The summed E-state index contributed by atoms with van der Waals surface area (Å²) in [5.41, 5.74) is 2.31. The molecule has 0 unspecified atom stereocenters. The summed E-state index contributed by atoms with van der Waals surface area (Å²) in [4.78, 5) is 11.0. The van der Waals surface area contributed by atoms with Gasteiger partial charge >= 0.3 is 0 Å². The van der Waals surface area contributed by atoms with Gasteiger partial charge in [0.2, 0.25) is 0 Å². The van der Waals surface area contributed by atoms with Crippen LogP contribution in [0.25, 0.3) is 0 Å². The van der Waals surface area contributed by atoms with Gasteiger partial charge in [0.05, 0.1) is 0 Å². The summed E-state index contributed by atoms with van der Waals surface area (Å²) >= 11 is 0. The molecule has 94 valence electrons. The van der Waals surface area contributed by atoms with Crippen LogP contribution >= 0.6 is 0 Å². The molecule has 0 fully saturated rings. The number of hydrogen-bond donors (Lipinski definition) is 0. The van der Waals surface area contributed by atoms with E-state index in [9.17, 15) is 0 Å². The lowest BCUT2D eigenvalue weighted by Crippen LogP contribution is -2.24. The van der Waals surface area contributed by atoms with E-state index in [1.165, 1.54) is 0 Å². The monoisotopic (exact) mass is 241 g/mol. The van der Waals surface area contributed by atoms with Crippen molar-refractivity contribution in [3.05, 3.63) is 60.2 Å². The Labute approximate surface area is 109 Å². The fourth-order valence-corrected chi connectivity index (χ4v) is 1.81. The van der Waals surface area contributed by atoms with Gasteiger partial charge in [0.1, 0.15) is 0 Å². The van der Waals surface area contributed by atoms with Crippen molar-refractivity contribution in [2.24, 2.45) is 0 Å². The molecule has 0 spiro atoms. The Morgan fingerprint density at radius 1 is 0.833 bits per heavy atom. The number of nitrogens with zero attached hydrogens (tertiary/aromatic N) is 3. The largest absolute Gasteiger partial charge is 0.306 e. The van der Waals surface area contributed by atoms with E-state index in [0.29, 0.717) is 0 Å². The van der Waals surface area contributed by atoms with Crippen LogP contribution in [0.5, 0.6) is 0 Å². The Balaban J connectivity index is 1.71. The van der Waals surface area contributed by atoms with Crippen LogP contribution in [0.1, 0.15) is 11.4 Å². The Bertz CT molecular complexity index is 398. The fraction of sp³-hybridized carbons (Fsp3) is 0.333. The third kappa shape index (κ3) is 4.26.